The number of hydrazone groups is 1. The van der Waals surface area contributed by atoms with E-state index < -0.39 is 10.0 Å². The van der Waals surface area contributed by atoms with Crippen LogP contribution in [-0.4, -0.2) is 19.7 Å². The second-order valence-corrected chi connectivity index (χ2v) is 8.96. The molecule has 0 spiro atoms. The topological polar surface area (TPSA) is 78.8 Å². The molecule has 140 valence electrons. The second-order valence-electron chi connectivity index (χ2n) is 6.44. The Balaban J connectivity index is 1.97. The van der Waals surface area contributed by atoms with E-state index in [1.54, 1.807) is 26.0 Å². The smallest absolute Gasteiger partial charge is 0.277 e. The number of phenols is 1. The molecular formula is C20H19BrN2O3S. The lowest BCUT2D eigenvalue weighted by Gasteiger charge is -2.11. The predicted molar refractivity (Wildman–Crippen MR) is 112 cm³/mol. The maximum Gasteiger partial charge on any atom is 0.277 e. The number of aromatic hydroxyl groups is 1. The highest BCUT2D eigenvalue weighted by atomic mass is 79.9. The van der Waals surface area contributed by atoms with Crippen LogP contribution in [0.2, 0.25) is 0 Å². The Morgan fingerprint density at radius 3 is 2.37 bits per heavy atom. The summed E-state index contributed by atoms with van der Waals surface area (Å²) < 4.78 is 26.3. The van der Waals surface area contributed by atoms with Gasteiger partial charge in [0.05, 0.1) is 11.1 Å². The SMILES string of the molecule is Cc1cc(C)c(S(=O)(=O)N/N=C/c2c(O)ccc3cc(Br)ccc23)c(C)c1. The van der Waals surface area contributed by atoms with E-state index in [1.165, 1.54) is 6.21 Å². The number of hydrogen-bond donors (Lipinski definition) is 2. The van der Waals surface area contributed by atoms with Crippen molar-refractivity contribution in [1.29, 1.82) is 0 Å². The molecule has 0 fully saturated rings. The summed E-state index contributed by atoms with van der Waals surface area (Å²) in [4.78, 5) is 2.47. The molecule has 0 saturated carbocycles. The van der Waals surface area contributed by atoms with Crippen LogP contribution in [0.5, 0.6) is 5.75 Å². The Hall–Kier alpha value is -2.38. The number of nitrogens with zero attached hydrogens (tertiary/aromatic N) is 1. The Bertz CT molecular complexity index is 1150. The molecule has 0 aliphatic carbocycles. The summed E-state index contributed by atoms with van der Waals surface area (Å²) >= 11 is 3.41. The van der Waals surface area contributed by atoms with Crippen LogP contribution in [0.4, 0.5) is 0 Å². The molecule has 5 nitrogen and oxygen atoms in total. The molecule has 3 aromatic rings. The Labute approximate surface area is 166 Å². The molecule has 3 rings (SSSR count). The van der Waals surface area contributed by atoms with E-state index >= 15 is 0 Å². The number of benzene rings is 3. The second kappa shape index (κ2) is 7.32. The maximum absolute atomic E-state index is 12.7. The molecule has 2 N–H and O–H groups in total. The highest BCUT2D eigenvalue weighted by molar-refractivity contribution is 9.10. The van der Waals surface area contributed by atoms with E-state index in [1.807, 2.05) is 37.3 Å². The third-order valence-corrected chi connectivity index (χ3v) is 6.26. The van der Waals surface area contributed by atoms with Gasteiger partial charge in [0, 0.05) is 10.0 Å². The molecule has 0 radical (unpaired) electrons. The normalized spacial score (nSPS) is 12.0. The van der Waals surface area contributed by atoms with Crippen molar-refractivity contribution < 1.29 is 13.5 Å². The van der Waals surface area contributed by atoms with Gasteiger partial charge in [0.25, 0.3) is 10.0 Å². The highest BCUT2D eigenvalue weighted by Crippen LogP contribution is 2.28. The fourth-order valence-electron chi connectivity index (χ4n) is 3.25. The third-order valence-electron chi connectivity index (χ3n) is 4.24. The Morgan fingerprint density at radius 2 is 1.70 bits per heavy atom. The van der Waals surface area contributed by atoms with Crippen molar-refractivity contribution in [2.75, 3.05) is 0 Å². The van der Waals surface area contributed by atoms with Gasteiger partial charge in [0.15, 0.2) is 0 Å². The van der Waals surface area contributed by atoms with Gasteiger partial charge in [0.1, 0.15) is 5.75 Å². The molecule has 0 heterocycles. The zero-order valence-electron chi connectivity index (χ0n) is 15.1. The van der Waals surface area contributed by atoms with Crippen LogP contribution in [0.3, 0.4) is 0 Å². The highest BCUT2D eigenvalue weighted by Gasteiger charge is 2.19. The summed E-state index contributed by atoms with van der Waals surface area (Å²) in [6.45, 7) is 5.43. The van der Waals surface area contributed by atoms with Crippen LogP contribution in [-0.2, 0) is 10.0 Å². The largest absolute Gasteiger partial charge is 0.507 e. The average Bonchev–Trinajstić information content (AvgIpc) is 2.55. The lowest BCUT2D eigenvalue weighted by Crippen LogP contribution is -2.20. The number of sulfonamides is 1. The Morgan fingerprint density at radius 1 is 1.04 bits per heavy atom. The van der Waals surface area contributed by atoms with Gasteiger partial charge in [-0.2, -0.15) is 13.5 Å². The zero-order valence-corrected chi connectivity index (χ0v) is 17.5. The summed E-state index contributed by atoms with van der Waals surface area (Å²) in [7, 11) is -3.82. The van der Waals surface area contributed by atoms with Gasteiger partial charge in [-0.15, -0.1) is 0 Å². The molecular weight excluding hydrogens is 428 g/mol. The summed E-state index contributed by atoms with van der Waals surface area (Å²) in [5.74, 6) is 0.0236. The average molecular weight is 447 g/mol. The molecule has 0 bridgehead atoms. The molecule has 0 aliphatic rings. The molecule has 0 amide bonds. The summed E-state index contributed by atoms with van der Waals surface area (Å²) in [5.41, 5.74) is 2.76. The quantitative estimate of drug-likeness (QED) is 0.455. The van der Waals surface area contributed by atoms with Crippen molar-refractivity contribution in [3.63, 3.8) is 0 Å². The van der Waals surface area contributed by atoms with Crippen LogP contribution in [0, 0.1) is 20.8 Å². The first-order chi connectivity index (χ1) is 12.7. The molecule has 3 aromatic carbocycles. The number of phenolic OH excluding ortho intramolecular Hbond substituents is 1. The summed E-state index contributed by atoms with van der Waals surface area (Å²) in [5, 5.41) is 15.7. The van der Waals surface area contributed by atoms with Crippen LogP contribution < -0.4 is 4.83 Å². The first kappa shape index (κ1) is 19.4. The number of nitrogens with one attached hydrogen (secondary N) is 1. The van der Waals surface area contributed by atoms with Gasteiger partial charge >= 0.3 is 0 Å². The first-order valence-electron chi connectivity index (χ1n) is 8.23. The van der Waals surface area contributed by atoms with Crippen LogP contribution in [0.1, 0.15) is 22.3 Å². The van der Waals surface area contributed by atoms with Gasteiger partial charge in [-0.25, -0.2) is 4.83 Å². The minimum absolute atomic E-state index is 0.0236. The van der Waals surface area contributed by atoms with Gasteiger partial charge in [0.2, 0.25) is 0 Å². The van der Waals surface area contributed by atoms with E-state index in [-0.39, 0.29) is 10.6 Å². The van der Waals surface area contributed by atoms with Gasteiger partial charge in [-0.05, 0) is 60.9 Å². The standard InChI is InChI=1S/C20H19BrN2O3S/c1-12-8-13(2)20(14(3)9-12)27(25,26)23-22-11-18-17-6-5-16(21)10-15(17)4-7-19(18)24/h4-11,23-24H,1-3H3/b22-11+. The molecule has 0 aromatic heterocycles. The number of rotatable bonds is 4. The maximum atomic E-state index is 12.7. The zero-order chi connectivity index (χ0) is 19.8. The molecule has 0 aliphatic heterocycles. The Kier molecular flexibility index (Phi) is 5.26. The van der Waals surface area contributed by atoms with Crippen molar-refractivity contribution in [3.05, 3.63) is 69.2 Å². The lowest BCUT2D eigenvalue weighted by molar-refractivity contribution is 0.475. The fraction of sp³-hybridized carbons (Fsp3) is 0.150. The van der Waals surface area contributed by atoms with Crippen molar-refractivity contribution in [2.24, 2.45) is 5.10 Å². The third kappa shape index (κ3) is 3.99. The van der Waals surface area contributed by atoms with Gasteiger partial charge < -0.3 is 5.11 Å². The van der Waals surface area contributed by atoms with Crippen LogP contribution in [0.25, 0.3) is 10.8 Å². The fourth-order valence-corrected chi connectivity index (χ4v) is 4.87. The lowest BCUT2D eigenvalue weighted by atomic mass is 10.0. The number of hydrogen-bond acceptors (Lipinski definition) is 4. The molecule has 7 heteroatoms. The molecule has 0 atom stereocenters. The van der Waals surface area contributed by atoms with E-state index in [0.29, 0.717) is 16.7 Å². The van der Waals surface area contributed by atoms with E-state index in [0.717, 1.165) is 20.8 Å². The summed E-state index contributed by atoms with van der Waals surface area (Å²) in [6, 6.07) is 12.6. The predicted octanol–water partition coefficient (Wildman–Crippen LogP) is 4.55. The van der Waals surface area contributed by atoms with Crippen LogP contribution in [0.15, 0.2) is 56.9 Å². The first-order valence-corrected chi connectivity index (χ1v) is 10.5. The van der Waals surface area contributed by atoms with Gasteiger partial charge in [-0.1, -0.05) is 45.8 Å². The minimum atomic E-state index is -3.82. The van der Waals surface area contributed by atoms with E-state index in [2.05, 4.69) is 25.9 Å². The van der Waals surface area contributed by atoms with E-state index in [9.17, 15) is 13.5 Å². The molecule has 0 unspecified atom stereocenters. The monoisotopic (exact) mass is 446 g/mol. The minimum Gasteiger partial charge on any atom is -0.507 e. The molecule has 0 saturated heterocycles. The van der Waals surface area contributed by atoms with Crippen molar-refractivity contribution >= 4 is 42.9 Å². The van der Waals surface area contributed by atoms with Crippen LogP contribution >= 0.6 is 15.9 Å². The van der Waals surface area contributed by atoms with E-state index in [4.69, 9.17) is 0 Å². The van der Waals surface area contributed by atoms with Gasteiger partial charge in [-0.3, -0.25) is 0 Å². The van der Waals surface area contributed by atoms with Crippen molar-refractivity contribution in [1.82, 2.24) is 4.83 Å². The number of aryl methyl sites for hydroxylation is 3. The molecule has 27 heavy (non-hydrogen) atoms. The van der Waals surface area contributed by atoms with Crippen molar-refractivity contribution in [2.45, 2.75) is 25.7 Å². The van der Waals surface area contributed by atoms with Crippen molar-refractivity contribution in [3.8, 4) is 5.75 Å². The number of halogens is 1. The summed E-state index contributed by atoms with van der Waals surface area (Å²) in [6.07, 6.45) is 1.32. The number of fused-ring (bicyclic) bond motifs is 1.